The van der Waals surface area contributed by atoms with E-state index in [1.54, 1.807) is 72.8 Å². The number of ether oxygens (including phenoxy) is 6. The van der Waals surface area contributed by atoms with E-state index in [-0.39, 0.29) is 17.2 Å². The zero-order valence-corrected chi connectivity index (χ0v) is 58.3. The first-order valence-electron chi connectivity index (χ1n) is 36.0. The van der Waals surface area contributed by atoms with Crippen molar-refractivity contribution in [3.8, 4) is 67.9 Å². The van der Waals surface area contributed by atoms with Gasteiger partial charge in [0.05, 0.1) is 19.8 Å². The molecule has 12 heteroatoms. The third-order valence-corrected chi connectivity index (χ3v) is 17.3. The predicted octanol–water partition coefficient (Wildman–Crippen LogP) is 25.4. The van der Waals surface area contributed by atoms with Crippen molar-refractivity contribution >= 4 is 0 Å². The SMILES string of the molecule is CCCCCCCCCOc1ccc(CCc2ccc(-c3ccc(OC(F)F)cc3)cc2)cc1.CCCCCCCCOc1ccc(CCc2ccc(-c3ccc(OC(F)F)cc3)cc2)cc1.CCCCCCCOc1ccc(CCc2ccc(-c3ccc(OC(F)F)cc3)cc2)cc1. The summed E-state index contributed by atoms with van der Waals surface area (Å²) in [6.45, 7) is 0.684. The van der Waals surface area contributed by atoms with E-state index in [2.05, 4.69) is 181 Å². The van der Waals surface area contributed by atoms with Gasteiger partial charge >= 0.3 is 19.8 Å². The highest BCUT2D eigenvalue weighted by Crippen LogP contribution is 2.29. The molecule has 0 unspecified atom stereocenters. The topological polar surface area (TPSA) is 55.4 Å². The zero-order valence-electron chi connectivity index (χ0n) is 58.3. The quantitative estimate of drug-likeness (QED) is 0.0281. The van der Waals surface area contributed by atoms with Crippen LogP contribution in [0.3, 0.4) is 0 Å². The van der Waals surface area contributed by atoms with Gasteiger partial charge in [-0.15, -0.1) is 0 Å². The molecule has 0 heterocycles. The van der Waals surface area contributed by atoms with Crippen LogP contribution in [0.2, 0.25) is 0 Å². The molecule has 0 amide bonds. The summed E-state index contributed by atoms with van der Waals surface area (Å²) < 4.78 is 104. The summed E-state index contributed by atoms with van der Waals surface area (Å²) in [6.07, 6.45) is 28.7. The minimum atomic E-state index is -2.80. The van der Waals surface area contributed by atoms with Gasteiger partial charge < -0.3 is 28.4 Å². The first-order valence-corrected chi connectivity index (χ1v) is 36.0. The Bertz CT molecular complexity index is 3510. The maximum absolute atomic E-state index is 12.3. The van der Waals surface area contributed by atoms with E-state index in [0.717, 1.165) is 128 Å². The molecular weight excluding hydrogens is 1250 g/mol. The van der Waals surface area contributed by atoms with Gasteiger partial charge in [-0.2, -0.15) is 26.3 Å². The Morgan fingerprint density at radius 2 is 0.364 bits per heavy atom. The van der Waals surface area contributed by atoms with Crippen LogP contribution in [0, 0.1) is 0 Å². The molecule has 0 radical (unpaired) electrons. The van der Waals surface area contributed by atoms with E-state index in [4.69, 9.17) is 14.2 Å². The molecule has 0 atom stereocenters. The molecule has 0 bridgehead atoms. The van der Waals surface area contributed by atoms with Gasteiger partial charge in [0.2, 0.25) is 0 Å². The molecule has 99 heavy (non-hydrogen) atoms. The summed E-state index contributed by atoms with van der Waals surface area (Å²) in [7, 11) is 0. The lowest BCUT2D eigenvalue weighted by Crippen LogP contribution is -2.01. The Balaban J connectivity index is 0.000000209. The van der Waals surface area contributed by atoms with Crippen LogP contribution in [0.5, 0.6) is 34.5 Å². The number of rotatable bonds is 42. The highest BCUT2D eigenvalue weighted by Gasteiger charge is 2.10. The van der Waals surface area contributed by atoms with Crippen molar-refractivity contribution in [2.75, 3.05) is 19.8 Å². The van der Waals surface area contributed by atoms with Crippen molar-refractivity contribution in [3.05, 3.63) is 252 Å². The summed E-state index contributed by atoms with van der Waals surface area (Å²) in [6, 6.07) is 70.6. The first kappa shape index (κ1) is 77.7. The lowest BCUT2D eigenvalue weighted by Gasteiger charge is -2.09. The average molecular weight is 1360 g/mol. The molecule has 0 N–H and O–H groups in total. The minimum absolute atomic E-state index is 0.170. The maximum atomic E-state index is 12.3. The van der Waals surface area contributed by atoms with E-state index in [1.165, 1.54) is 130 Å². The van der Waals surface area contributed by atoms with Crippen molar-refractivity contribution < 1.29 is 54.8 Å². The smallest absolute Gasteiger partial charge is 0.387 e. The molecule has 0 aromatic heterocycles. The third kappa shape index (κ3) is 31.4. The summed E-state index contributed by atoms with van der Waals surface area (Å²) in [5, 5.41) is 0. The van der Waals surface area contributed by atoms with Crippen molar-refractivity contribution in [1.29, 1.82) is 0 Å². The fourth-order valence-electron chi connectivity index (χ4n) is 11.4. The molecule has 9 aromatic carbocycles. The molecule has 6 nitrogen and oxygen atoms in total. The number of hydrogen-bond donors (Lipinski definition) is 0. The maximum Gasteiger partial charge on any atom is 0.387 e. The number of halogens is 6. The van der Waals surface area contributed by atoms with Gasteiger partial charge in [-0.1, -0.05) is 263 Å². The molecule has 9 rings (SSSR count). The van der Waals surface area contributed by atoms with E-state index in [9.17, 15) is 26.3 Å². The molecular formula is C87H102F6O6. The van der Waals surface area contributed by atoms with Crippen LogP contribution < -0.4 is 28.4 Å². The van der Waals surface area contributed by atoms with Crippen molar-refractivity contribution in [1.82, 2.24) is 0 Å². The number of benzene rings is 9. The number of hydrogen-bond acceptors (Lipinski definition) is 6. The highest BCUT2D eigenvalue weighted by atomic mass is 19.3. The Morgan fingerprint density at radius 3 is 0.556 bits per heavy atom. The predicted molar refractivity (Wildman–Crippen MR) is 394 cm³/mol. The summed E-state index contributed by atoms with van der Waals surface area (Å²) in [4.78, 5) is 0. The van der Waals surface area contributed by atoms with Crippen LogP contribution in [0.1, 0.15) is 170 Å². The Hall–Kier alpha value is -8.64. The lowest BCUT2D eigenvalue weighted by atomic mass is 10.0. The Kier molecular flexibility index (Phi) is 36.0. The molecule has 0 saturated heterocycles. The van der Waals surface area contributed by atoms with E-state index in [1.807, 2.05) is 0 Å². The molecule has 0 saturated carbocycles. The van der Waals surface area contributed by atoms with Crippen LogP contribution in [0.4, 0.5) is 26.3 Å². The van der Waals surface area contributed by atoms with Gasteiger partial charge in [0, 0.05) is 0 Å². The van der Waals surface area contributed by atoms with Gasteiger partial charge in [-0.25, -0.2) is 0 Å². The normalized spacial score (nSPS) is 11.0. The second-order valence-electron chi connectivity index (χ2n) is 25.1. The Labute approximate surface area is 586 Å². The number of alkyl halides is 6. The molecule has 0 fully saturated rings. The van der Waals surface area contributed by atoms with E-state index in [0.29, 0.717) is 0 Å². The highest BCUT2D eigenvalue weighted by molar-refractivity contribution is 5.66. The van der Waals surface area contributed by atoms with Gasteiger partial charge in [-0.3, -0.25) is 0 Å². The fraction of sp³-hybridized carbons (Fsp3) is 0.379. The molecule has 0 spiro atoms. The summed E-state index contributed by atoms with van der Waals surface area (Å²) in [5.74, 6) is 3.35. The average Bonchev–Trinajstić information content (AvgIpc) is 0.902. The lowest BCUT2D eigenvalue weighted by molar-refractivity contribution is -0.0505. The summed E-state index contributed by atoms with van der Waals surface area (Å²) >= 11 is 0. The molecule has 0 aliphatic rings. The van der Waals surface area contributed by atoms with E-state index >= 15 is 0 Å². The number of aryl methyl sites for hydroxylation is 6. The molecule has 0 aliphatic heterocycles. The van der Waals surface area contributed by atoms with E-state index < -0.39 is 19.8 Å². The van der Waals surface area contributed by atoms with Crippen LogP contribution in [-0.2, 0) is 38.5 Å². The van der Waals surface area contributed by atoms with Crippen molar-refractivity contribution in [2.24, 2.45) is 0 Å². The van der Waals surface area contributed by atoms with Crippen LogP contribution in [0.15, 0.2) is 218 Å². The van der Waals surface area contributed by atoms with Gasteiger partial charge in [0.15, 0.2) is 0 Å². The second-order valence-corrected chi connectivity index (χ2v) is 25.1. The first-order chi connectivity index (χ1) is 48.4. The summed E-state index contributed by atoms with van der Waals surface area (Å²) in [5.41, 5.74) is 13.7. The number of unbranched alkanes of at least 4 members (excludes halogenated alkanes) is 15. The van der Waals surface area contributed by atoms with Crippen LogP contribution >= 0.6 is 0 Å². The Morgan fingerprint density at radius 1 is 0.202 bits per heavy atom. The van der Waals surface area contributed by atoms with Gasteiger partial charge in [-0.05, 0) is 197 Å². The van der Waals surface area contributed by atoms with Gasteiger partial charge in [0.1, 0.15) is 34.5 Å². The molecule has 0 aliphatic carbocycles. The minimum Gasteiger partial charge on any atom is -0.494 e. The zero-order chi connectivity index (χ0) is 69.9. The molecule has 9 aromatic rings. The van der Waals surface area contributed by atoms with Gasteiger partial charge in [0.25, 0.3) is 0 Å². The third-order valence-electron chi connectivity index (χ3n) is 17.3. The van der Waals surface area contributed by atoms with Crippen molar-refractivity contribution in [3.63, 3.8) is 0 Å². The van der Waals surface area contributed by atoms with Crippen LogP contribution in [-0.4, -0.2) is 39.7 Å². The molecule has 528 valence electrons. The largest absolute Gasteiger partial charge is 0.494 e. The van der Waals surface area contributed by atoms with Crippen LogP contribution in [0.25, 0.3) is 33.4 Å². The second kappa shape index (κ2) is 45.8. The monoisotopic (exact) mass is 1360 g/mol. The fourth-order valence-corrected chi connectivity index (χ4v) is 11.4. The standard InChI is InChI=1S/C30H36F2O2.C29H34F2O2.C28H32F2O2/c1-2-3-4-5-6-7-8-23-33-28-19-13-25(14-20-28)10-9-24-11-15-26(16-12-24)27-17-21-29(22-18-27)34-30(31)32;1-2-3-4-5-6-7-22-32-27-18-12-24(13-19-27)9-8-23-10-14-25(15-11-23)26-16-20-28(21-17-26)33-29(30)31;1-2-3-4-5-6-21-31-26-17-11-23(12-18-26)8-7-22-9-13-24(14-10-22)25-15-19-27(20-16-25)32-28(29)30/h11-22,30H,2-10,23H2,1H3;10-21,29H,2-9,22H2,1H3;9-20,28H,2-8,21H2,1H3. The van der Waals surface area contributed by atoms with Crippen molar-refractivity contribution in [2.45, 2.75) is 195 Å².